The Morgan fingerprint density at radius 1 is 1.11 bits per heavy atom. The van der Waals surface area contributed by atoms with Crippen LogP contribution in [0.25, 0.3) is 0 Å². The van der Waals surface area contributed by atoms with Crippen molar-refractivity contribution in [2.45, 2.75) is 5.75 Å². The van der Waals surface area contributed by atoms with Gasteiger partial charge in [0.2, 0.25) is 5.91 Å². The fourth-order valence-electron chi connectivity index (χ4n) is 3.11. The summed E-state index contributed by atoms with van der Waals surface area (Å²) in [5.41, 5.74) is 2.88. The van der Waals surface area contributed by atoms with Gasteiger partial charge in [-0.15, -0.1) is 11.8 Å². The number of carbonyl (C=O) groups is 1. The van der Waals surface area contributed by atoms with Gasteiger partial charge in [-0.2, -0.15) is 5.26 Å². The number of methoxy groups -OCH3 is 1. The van der Waals surface area contributed by atoms with Crippen molar-refractivity contribution >= 4 is 23.4 Å². The lowest BCUT2D eigenvalue weighted by atomic mass is 10.2. The van der Waals surface area contributed by atoms with E-state index in [1.807, 2.05) is 47.4 Å². The number of carbonyl (C=O) groups excluding carboxylic acids is 1. The Labute approximate surface area is 164 Å². The topological polar surface area (TPSA) is 56.6 Å². The molecule has 1 saturated heterocycles. The normalized spacial score (nSPS) is 13.9. The molecule has 140 valence electrons. The maximum atomic E-state index is 12.5. The van der Waals surface area contributed by atoms with Gasteiger partial charge in [0.05, 0.1) is 30.2 Å². The lowest BCUT2D eigenvalue weighted by molar-refractivity contribution is -0.128. The molecule has 0 unspecified atom stereocenters. The van der Waals surface area contributed by atoms with E-state index in [0.29, 0.717) is 11.3 Å². The predicted octanol–water partition coefficient (Wildman–Crippen LogP) is 3.15. The fraction of sp³-hybridized carbons (Fsp3) is 0.333. The van der Waals surface area contributed by atoms with Gasteiger partial charge in [-0.3, -0.25) is 4.79 Å². The molecule has 1 amide bonds. The first kappa shape index (κ1) is 19.1. The van der Waals surface area contributed by atoms with Crippen LogP contribution in [0.4, 0.5) is 5.69 Å². The molecule has 2 aromatic rings. The van der Waals surface area contributed by atoms with Crippen LogP contribution < -0.4 is 9.64 Å². The van der Waals surface area contributed by atoms with Crippen molar-refractivity contribution in [3.8, 4) is 11.8 Å². The second-order valence-corrected chi connectivity index (χ2v) is 7.33. The van der Waals surface area contributed by atoms with Crippen LogP contribution >= 0.6 is 11.8 Å². The van der Waals surface area contributed by atoms with E-state index in [4.69, 9.17) is 10.00 Å². The first-order valence-corrected chi connectivity index (χ1v) is 10.1. The van der Waals surface area contributed by atoms with Crippen molar-refractivity contribution in [1.82, 2.24) is 4.90 Å². The van der Waals surface area contributed by atoms with Crippen LogP contribution in [-0.4, -0.2) is 49.8 Å². The molecule has 3 rings (SSSR count). The summed E-state index contributed by atoms with van der Waals surface area (Å²) in [6.07, 6.45) is 0. The SMILES string of the molecule is COc1ccccc1N1CCN(C(=O)CSCc2ccc(C#N)cc2)CC1. The fourth-order valence-corrected chi connectivity index (χ4v) is 4.00. The lowest BCUT2D eigenvalue weighted by Gasteiger charge is -2.36. The van der Waals surface area contributed by atoms with Gasteiger partial charge in [0.1, 0.15) is 5.75 Å². The Morgan fingerprint density at radius 2 is 1.81 bits per heavy atom. The highest BCUT2D eigenvalue weighted by atomic mass is 32.2. The smallest absolute Gasteiger partial charge is 0.232 e. The average Bonchev–Trinajstić information content (AvgIpc) is 2.74. The molecule has 1 fully saturated rings. The Kier molecular flexibility index (Phi) is 6.61. The highest BCUT2D eigenvalue weighted by Crippen LogP contribution is 2.28. The minimum atomic E-state index is 0.188. The Bertz CT molecular complexity index is 809. The number of benzene rings is 2. The van der Waals surface area contributed by atoms with E-state index in [1.165, 1.54) is 0 Å². The summed E-state index contributed by atoms with van der Waals surface area (Å²) in [5.74, 6) is 2.32. The third kappa shape index (κ3) is 4.95. The third-order valence-electron chi connectivity index (χ3n) is 4.64. The Morgan fingerprint density at radius 3 is 2.48 bits per heavy atom. The van der Waals surface area contributed by atoms with Crippen molar-refractivity contribution in [3.05, 3.63) is 59.7 Å². The molecule has 0 spiro atoms. The number of ether oxygens (including phenoxy) is 1. The minimum absolute atomic E-state index is 0.188. The zero-order chi connectivity index (χ0) is 19.1. The van der Waals surface area contributed by atoms with Gasteiger partial charge < -0.3 is 14.5 Å². The highest BCUT2D eigenvalue weighted by molar-refractivity contribution is 7.99. The number of nitrogens with zero attached hydrogens (tertiary/aromatic N) is 3. The van der Waals surface area contributed by atoms with Crippen molar-refractivity contribution in [2.24, 2.45) is 0 Å². The molecule has 27 heavy (non-hydrogen) atoms. The van der Waals surface area contributed by atoms with Crippen molar-refractivity contribution in [2.75, 3.05) is 43.9 Å². The standard InChI is InChI=1S/C21H23N3O2S/c1-26-20-5-3-2-4-19(20)23-10-12-24(13-11-23)21(25)16-27-15-18-8-6-17(14-22)7-9-18/h2-9H,10-13,15-16H2,1H3. The van der Waals surface area contributed by atoms with Crippen molar-refractivity contribution in [1.29, 1.82) is 5.26 Å². The van der Waals surface area contributed by atoms with Crippen LogP contribution in [0.1, 0.15) is 11.1 Å². The van der Waals surface area contributed by atoms with Gasteiger partial charge in [-0.1, -0.05) is 24.3 Å². The summed E-state index contributed by atoms with van der Waals surface area (Å²) in [6.45, 7) is 3.08. The van der Waals surface area contributed by atoms with Crippen LogP contribution in [0, 0.1) is 11.3 Å². The van der Waals surface area contributed by atoms with Crippen LogP contribution in [0.15, 0.2) is 48.5 Å². The van der Waals surface area contributed by atoms with E-state index in [9.17, 15) is 4.79 Å². The molecule has 1 heterocycles. The minimum Gasteiger partial charge on any atom is -0.495 e. The molecule has 6 heteroatoms. The molecule has 2 aromatic carbocycles. The summed E-state index contributed by atoms with van der Waals surface area (Å²) in [7, 11) is 1.68. The quantitative estimate of drug-likeness (QED) is 0.769. The molecule has 0 N–H and O–H groups in total. The first-order valence-electron chi connectivity index (χ1n) is 8.94. The number of nitriles is 1. The van der Waals surface area contributed by atoms with Gasteiger partial charge in [-0.25, -0.2) is 0 Å². The van der Waals surface area contributed by atoms with Gasteiger partial charge in [0.25, 0.3) is 0 Å². The maximum absolute atomic E-state index is 12.5. The number of para-hydroxylation sites is 2. The number of rotatable bonds is 6. The number of anilines is 1. The van der Waals surface area contributed by atoms with E-state index >= 15 is 0 Å². The molecular weight excluding hydrogens is 358 g/mol. The number of hydrogen-bond donors (Lipinski definition) is 0. The molecule has 0 atom stereocenters. The molecule has 1 aliphatic rings. The number of amides is 1. The molecule has 0 saturated carbocycles. The summed E-state index contributed by atoms with van der Waals surface area (Å²) in [4.78, 5) is 16.7. The average molecular weight is 382 g/mol. The molecule has 0 aliphatic carbocycles. The van der Waals surface area contributed by atoms with E-state index < -0.39 is 0 Å². The van der Waals surface area contributed by atoms with E-state index in [0.717, 1.165) is 48.9 Å². The molecule has 5 nitrogen and oxygen atoms in total. The number of hydrogen-bond acceptors (Lipinski definition) is 5. The zero-order valence-corrected chi connectivity index (χ0v) is 16.2. The van der Waals surface area contributed by atoms with Crippen LogP contribution in [0.2, 0.25) is 0 Å². The van der Waals surface area contributed by atoms with Crippen LogP contribution in [0.5, 0.6) is 5.75 Å². The van der Waals surface area contributed by atoms with Crippen molar-refractivity contribution in [3.63, 3.8) is 0 Å². The van der Waals surface area contributed by atoms with Gasteiger partial charge >= 0.3 is 0 Å². The molecule has 0 aromatic heterocycles. The second-order valence-electron chi connectivity index (χ2n) is 6.34. The van der Waals surface area contributed by atoms with Crippen LogP contribution in [-0.2, 0) is 10.5 Å². The summed E-state index contributed by atoms with van der Waals surface area (Å²) >= 11 is 1.62. The number of thioether (sulfide) groups is 1. The Hall–Kier alpha value is -2.65. The van der Waals surface area contributed by atoms with Gasteiger partial charge in [-0.05, 0) is 29.8 Å². The van der Waals surface area contributed by atoms with E-state index in [2.05, 4.69) is 17.0 Å². The molecule has 0 bridgehead atoms. The third-order valence-corrected chi connectivity index (χ3v) is 5.62. The van der Waals surface area contributed by atoms with E-state index in [1.54, 1.807) is 18.9 Å². The largest absolute Gasteiger partial charge is 0.495 e. The number of piperazine rings is 1. The second kappa shape index (κ2) is 9.33. The van der Waals surface area contributed by atoms with E-state index in [-0.39, 0.29) is 5.91 Å². The van der Waals surface area contributed by atoms with Crippen LogP contribution in [0.3, 0.4) is 0 Å². The molecule has 0 radical (unpaired) electrons. The molecular formula is C21H23N3O2S. The summed E-state index contributed by atoms with van der Waals surface area (Å²) in [6, 6.07) is 17.6. The zero-order valence-electron chi connectivity index (χ0n) is 15.4. The monoisotopic (exact) mass is 381 g/mol. The Balaban J connectivity index is 1.45. The summed E-state index contributed by atoms with van der Waals surface area (Å²) in [5, 5.41) is 8.83. The van der Waals surface area contributed by atoms with Gasteiger partial charge in [0.15, 0.2) is 0 Å². The summed E-state index contributed by atoms with van der Waals surface area (Å²) < 4.78 is 5.44. The predicted molar refractivity (Wildman–Crippen MR) is 109 cm³/mol. The van der Waals surface area contributed by atoms with Crippen molar-refractivity contribution < 1.29 is 9.53 Å². The first-order chi connectivity index (χ1) is 13.2. The highest BCUT2D eigenvalue weighted by Gasteiger charge is 2.22. The van der Waals surface area contributed by atoms with Gasteiger partial charge in [0, 0.05) is 31.9 Å². The maximum Gasteiger partial charge on any atom is 0.232 e. The lowest BCUT2D eigenvalue weighted by Crippen LogP contribution is -2.49. The molecule has 1 aliphatic heterocycles.